The van der Waals surface area contributed by atoms with Crippen LogP contribution in [0.5, 0.6) is 0 Å². The molecule has 2 atom stereocenters. The number of benzene rings is 1. The van der Waals surface area contributed by atoms with Crippen LogP contribution >= 0.6 is 0 Å². The van der Waals surface area contributed by atoms with Crippen LogP contribution in [-0.4, -0.2) is 63.0 Å². The Kier molecular flexibility index (Phi) is 7.46. The van der Waals surface area contributed by atoms with Crippen molar-refractivity contribution in [1.29, 1.82) is 0 Å². The lowest BCUT2D eigenvalue weighted by molar-refractivity contribution is 0.0189. The maximum Gasteiger partial charge on any atom is 0.411 e. The molecular formula is C25H39N3O4Si. The minimum Gasteiger partial charge on any atom is -0.450 e. The molecule has 1 N–H and O–H groups in total. The smallest absolute Gasteiger partial charge is 0.411 e. The summed E-state index contributed by atoms with van der Waals surface area (Å²) in [6.45, 7) is 18.8. The van der Waals surface area contributed by atoms with E-state index in [1.807, 2.05) is 45.0 Å². The van der Waals surface area contributed by atoms with Gasteiger partial charge in [0.15, 0.2) is 0 Å². The van der Waals surface area contributed by atoms with Gasteiger partial charge < -0.3 is 19.3 Å². The summed E-state index contributed by atoms with van der Waals surface area (Å²) < 4.78 is 11.0. The molecule has 0 radical (unpaired) electrons. The van der Waals surface area contributed by atoms with Crippen LogP contribution in [0.2, 0.25) is 25.7 Å². The highest BCUT2D eigenvalue weighted by molar-refractivity contribution is 6.76. The fourth-order valence-electron chi connectivity index (χ4n) is 4.46. The number of piperidine rings is 1. The fourth-order valence-corrected chi connectivity index (χ4v) is 5.17. The largest absolute Gasteiger partial charge is 0.450 e. The molecule has 2 aliphatic heterocycles. The van der Waals surface area contributed by atoms with E-state index in [4.69, 9.17) is 9.47 Å². The Bertz CT molecular complexity index is 891. The van der Waals surface area contributed by atoms with E-state index in [1.54, 1.807) is 4.90 Å². The number of carbonyl (C=O) groups excluding carboxylic acids is 2. The first-order valence-corrected chi connectivity index (χ1v) is 15.5. The third-order valence-corrected chi connectivity index (χ3v) is 7.73. The van der Waals surface area contributed by atoms with Crippen molar-refractivity contribution < 1.29 is 19.1 Å². The molecule has 2 amide bonds. The van der Waals surface area contributed by atoms with E-state index in [0.717, 1.165) is 30.3 Å². The Labute approximate surface area is 199 Å². The van der Waals surface area contributed by atoms with Gasteiger partial charge in [-0.2, -0.15) is 0 Å². The maximum absolute atomic E-state index is 12.7. The summed E-state index contributed by atoms with van der Waals surface area (Å²) in [6.07, 6.45) is 2.07. The van der Waals surface area contributed by atoms with Gasteiger partial charge in [0.25, 0.3) is 0 Å². The van der Waals surface area contributed by atoms with Gasteiger partial charge in [-0.3, -0.25) is 5.32 Å². The molecule has 2 aliphatic rings. The number of amides is 2. The van der Waals surface area contributed by atoms with Crippen LogP contribution in [-0.2, 0) is 9.47 Å². The first kappa shape index (κ1) is 25.1. The Morgan fingerprint density at radius 3 is 2.64 bits per heavy atom. The van der Waals surface area contributed by atoms with Gasteiger partial charge >= 0.3 is 12.2 Å². The van der Waals surface area contributed by atoms with E-state index < -0.39 is 19.8 Å². The number of hydrogen-bond donors (Lipinski definition) is 1. The first-order chi connectivity index (χ1) is 15.4. The quantitative estimate of drug-likeness (QED) is 0.426. The van der Waals surface area contributed by atoms with Crippen molar-refractivity contribution in [1.82, 2.24) is 4.90 Å². The maximum atomic E-state index is 12.7. The van der Waals surface area contributed by atoms with Gasteiger partial charge in [0.2, 0.25) is 0 Å². The van der Waals surface area contributed by atoms with Gasteiger partial charge in [-0.05, 0) is 57.0 Å². The molecule has 7 nitrogen and oxygen atoms in total. The van der Waals surface area contributed by atoms with Crippen LogP contribution in [0.25, 0.3) is 0 Å². The van der Waals surface area contributed by atoms with Crippen molar-refractivity contribution >= 4 is 31.6 Å². The highest BCUT2D eigenvalue weighted by Crippen LogP contribution is 2.45. The summed E-state index contributed by atoms with van der Waals surface area (Å²) in [5.41, 5.74) is 2.45. The summed E-state index contributed by atoms with van der Waals surface area (Å²) >= 11 is 0. The third-order valence-electron chi connectivity index (χ3n) is 6.02. The molecule has 2 unspecified atom stereocenters. The molecule has 1 aromatic rings. The normalized spacial score (nSPS) is 20.1. The summed E-state index contributed by atoms with van der Waals surface area (Å²) in [7, 11) is -1.26. The molecule has 182 valence electrons. The van der Waals surface area contributed by atoms with Crippen LogP contribution in [0.3, 0.4) is 0 Å². The second-order valence-corrected chi connectivity index (χ2v) is 16.8. The van der Waals surface area contributed by atoms with Gasteiger partial charge in [-0.1, -0.05) is 25.7 Å². The number of rotatable bonds is 6. The third kappa shape index (κ3) is 6.53. The van der Waals surface area contributed by atoms with Crippen molar-refractivity contribution in [2.45, 2.75) is 70.4 Å². The summed E-state index contributed by atoms with van der Waals surface area (Å²) in [6, 6.07) is 7.21. The Balaban J connectivity index is 1.75. The van der Waals surface area contributed by atoms with Gasteiger partial charge in [-0.15, -0.1) is 6.58 Å². The first-order valence-electron chi connectivity index (χ1n) is 11.8. The van der Waals surface area contributed by atoms with Gasteiger partial charge in [0.1, 0.15) is 5.60 Å². The number of nitrogens with zero attached hydrogens (tertiary/aromatic N) is 2. The van der Waals surface area contributed by atoms with E-state index in [2.05, 4.69) is 36.4 Å². The van der Waals surface area contributed by atoms with Gasteiger partial charge in [-0.25, -0.2) is 9.59 Å². The highest BCUT2D eigenvalue weighted by Gasteiger charge is 2.43. The van der Waals surface area contributed by atoms with Gasteiger partial charge in [0, 0.05) is 51.0 Å². The predicted molar refractivity (Wildman–Crippen MR) is 136 cm³/mol. The fraction of sp³-hybridized carbons (Fsp3) is 0.600. The molecule has 0 saturated carbocycles. The lowest BCUT2D eigenvalue weighted by atomic mass is 9.89. The van der Waals surface area contributed by atoms with E-state index in [0.29, 0.717) is 25.4 Å². The van der Waals surface area contributed by atoms with Crippen molar-refractivity contribution in [2.24, 2.45) is 0 Å². The van der Waals surface area contributed by atoms with Gasteiger partial charge in [0.05, 0.1) is 6.61 Å². The summed E-state index contributed by atoms with van der Waals surface area (Å²) in [5.74, 6) is 0.144. The standard InChI is InChI=1S/C25H39N3O4Si/c1-8-12-28-21-10-9-18(26-23(29)31-14-15-33(5,6)7)16-19(21)20-17-27(13-11-22(20)28)24(30)32-25(2,3)4/h8-10,16,20,22H,1,11-15,17H2,2-7H3,(H,26,29). The molecule has 1 fully saturated rings. The van der Waals surface area contributed by atoms with Crippen LogP contribution in [0.15, 0.2) is 30.9 Å². The molecule has 8 heteroatoms. The number of fused-ring (bicyclic) bond motifs is 3. The molecule has 33 heavy (non-hydrogen) atoms. The molecular weight excluding hydrogens is 434 g/mol. The van der Waals surface area contributed by atoms with Crippen molar-refractivity contribution in [3.8, 4) is 0 Å². The van der Waals surface area contributed by atoms with Crippen LogP contribution in [0.4, 0.5) is 21.0 Å². The number of nitrogens with one attached hydrogen (secondary N) is 1. The molecule has 2 heterocycles. The topological polar surface area (TPSA) is 71.1 Å². The second-order valence-electron chi connectivity index (χ2n) is 11.2. The molecule has 0 spiro atoms. The molecule has 1 aromatic carbocycles. The summed E-state index contributed by atoms with van der Waals surface area (Å²) in [4.78, 5) is 29.2. The van der Waals surface area contributed by atoms with E-state index >= 15 is 0 Å². The van der Waals surface area contributed by atoms with E-state index in [9.17, 15) is 9.59 Å². The average molecular weight is 474 g/mol. The molecule has 0 bridgehead atoms. The van der Waals surface area contributed by atoms with E-state index in [-0.39, 0.29) is 18.1 Å². The molecule has 1 saturated heterocycles. The SMILES string of the molecule is C=CCN1c2ccc(NC(=O)OCC[Si](C)(C)C)cc2C2CN(C(=O)OC(C)(C)C)CCC21. The zero-order valence-corrected chi connectivity index (χ0v) is 21.9. The summed E-state index contributed by atoms with van der Waals surface area (Å²) in [5, 5.41) is 2.88. The number of anilines is 2. The van der Waals surface area contributed by atoms with Crippen molar-refractivity contribution in [2.75, 3.05) is 36.5 Å². The zero-order valence-electron chi connectivity index (χ0n) is 20.9. The van der Waals surface area contributed by atoms with Crippen LogP contribution in [0, 0.1) is 0 Å². The Morgan fingerprint density at radius 2 is 2.00 bits per heavy atom. The van der Waals surface area contributed by atoms with Crippen LogP contribution < -0.4 is 10.2 Å². The number of carbonyl (C=O) groups is 2. The minimum atomic E-state index is -1.26. The minimum absolute atomic E-state index is 0.144. The van der Waals surface area contributed by atoms with E-state index in [1.165, 1.54) is 0 Å². The average Bonchev–Trinajstić information content (AvgIpc) is 2.99. The van der Waals surface area contributed by atoms with Crippen molar-refractivity contribution in [3.05, 3.63) is 36.4 Å². The highest BCUT2D eigenvalue weighted by atomic mass is 28.3. The lowest BCUT2D eigenvalue weighted by Crippen LogP contribution is -2.49. The molecule has 3 rings (SSSR count). The van der Waals surface area contributed by atoms with Crippen molar-refractivity contribution in [3.63, 3.8) is 0 Å². The van der Waals surface area contributed by atoms with Crippen LogP contribution in [0.1, 0.15) is 38.7 Å². The number of likely N-dealkylation sites (tertiary alicyclic amines) is 1. The lowest BCUT2D eigenvalue weighted by Gasteiger charge is -2.39. The molecule has 0 aromatic heterocycles. The second kappa shape index (κ2) is 9.79. The zero-order chi connectivity index (χ0) is 24.4. The Morgan fingerprint density at radius 1 is 1.27 bits per heavy atom. The molecule has 0 aliphatic carbocycles. The predicted octanol–water partition coefficient (Wildman–Crippen LogP) is 5.67. The Hall–Kier alpha value is -2.48. The number of ether oxygens (including phenoxy) is 2. The monoisotopic (exact) mass is 473 g/mol. The number of hydrogen-bond acceptors (Lipinski definition) is 5.